The first-order valence-corrected chi connectivity index (χ1v) is 11.9. The van der Waals surface area contributed by atoms with Gasteiger partial charge in [-0.15, -0.1) is 0 Å². The normalized spacial score (nSPS) is 14.5. The molecule has 1 aromatic heterocycles. The number of benzene rings is 3. The van der Waals surface area contributed by atoms with Gasteiger partial charge in [-0.05, 0) is 35.7 Å². The van der Waals surface area contributed by atoms with E-state index < -0.39 is 16.1 Å². The number of fused-ring (bicyclic) bond motifs is 2. The van der Waals surface area contributed by atoms with Crippen LogP contribution in [0.25, 0.3) is 11.0 Å². The molecular formula is C22H18N4O3S2. The number of rotatable bonds is 5. The minimum absolute atomic E-state index is 0.00861. The molecule has 9 heteroatoms. The van der Waals surface area contributed by atoms with E-state index in [0.717, 1.165) is 29.4 Å². The summed E-state index contributed by atoms with van der Waals surface area (Å²) in [5.74, 6) is -0.316. The van der Waals surface area contributed by atoms with E-state index in [4.69, 9.17) is 0 Å². The molecule has 3 aromatic carbocycles. The molecule has 0 fully saturated rings. The molecule has 5 rings (SSSR count). The van der Waals surface area contributed by atoms with Crippen LogP contribution in [0.15, 0.2) is 77.7 Å². The van der Waals surface area contributed by atoms with Crippen LogP contribution in [0.4, 0.5) is 5.69 Å². The van der Waals surface area contributed by atoms with Gasteiger partial charge in [-0.2, -0.15) is 13.5 Å². The Morgan fingerprint density at radius 2 is 1.74 bits per heavy atom. The Labute approximate surface area is 183 Å². The second-order valence-electron chi connectivity index (χ2n) is 7.22. The van der Waals surface area contributed by atoms with E-state index in [0.29, 0.717) is 23.1 Å². The second kappa shape index (κ2) is 7.84. The highest BCUT2D eigenvalue weighted by atomic mass is 32.2. The monoisotopic (exact) mass is 450 g/mol. The summed E-state index contributed by atoms with van der Waals surface area (Å²) in [5, 5.41) is 0. The zero-order valence-electron chi connectivity index (χ0n) is 16.3. The van der Waals surface area contributed by atoms with E-state index >= 15 is 0 Å². The Bertz CT molecular complexity index is 1370. The summed E-state index contributed by atoms with van der Waals surface area (Å²) in [6.45, 7) is 0.509. The van der Waals surface area contributed by atoms with E-state index in [2.05, 4.69) is 13.5 Å². The number of anilines is 1. The fourth-order valence-electron chi connectivity index (χ4n) is 3.85. The molecule has 31 heavy (non-hydrogen) atoms. The van der Waals surface area contributed by atoms with Crippen molar-refractivity contribution in [2.24, 2.45) is 0 Å². The number of hydrogen-bond acceptors (Lipinski definition) is 6. The predicted molar refractivity (Wildman–Crippen MR) is 119 cm³/mol. The number of aromatic nitrogens is 2. The van der Waals surface area contributed by atoms with E-state index in [9.17, 15) is 13.2 Å². The average molecular weight is 451 g/mol. The first-order valence-electron chi connectivity index (χ1n) is 9.72. The van der Waals surface area contributed by atoms with Crippen molar-refractivity contribution in [3.05, 3.63) is 83.9 Å². The molecular weight excluding hydrogens is 432 g/mol. The van der Waals surface area contributed by atoms with Crippen molar-refractivity contribution in [2.45, 2.75) is 17.4 Å². The number of nitrogens with one attached hydrogen (secondary N) is 1. The molecule has 1 N–H and O–H groups in total. The molecule has 0 bridgehead atoms. The molecule has 0 aliphatic carbocycles. The van der Waals surface area contributed by atoms with Gasteiger partial charge in [-0.1, -0.05) is 54.6 Å². The lowest BCUT2D eigenvalue weighted by Crippen LogP contribution is -2.42. The third-order valence-corrected chi connectivity index (χ3v) is 7.34. The van der Waals surface area contributed by atoms with Crippen molar-refractivity contribution in [3.8, 4) is 0 Å². The topological polar surface area (TPSA) is 92.3 Å². The van der Waals surface area contributed by atoms with Gasteiger partial charge in [0, 0.05) is 12.2 Å². The van der Waals surface area contributed by atoms with Crippen LogP contribution in [0.1, 0.15) is 17.2 Å². The Morgan fingerprint density at radius 3 is 2.58 bits per heavy atom. The minimum atomic E-state index is -4.05. The second-order valence-corrected chi connectivity index (χ2v) is 9.43. The van der Waals surface area contributed by atoms with Crippen molar-refractivity contribution < 1.29 is 13.2 Å². The van der Waals surface area contributed by atoms with Gasteiger partial charge in [0.05, 0.1) is 11.7 Å². The number of nitrogens with zero attached hydrogens (tertiary/aromatic N) is 3. The lowest BCUT2D eigenvalue weighted by atomic mass is 10.1. The highest BCUT2D eigenvalue weighted by Gasteiger charge is 2.34. The van der Waals surface area contributed by atoms with Gasteiger partial charge in [0.2, 0.25) is 15.9 Å². The Morgan fingerprint density at radius 1 is 0.968 bits per heavy atom. The molecule has 1 aliphatic rings. The van der Waals surface area contributed by atoms with E-state index in [-0.39, 0.29) is 10.8 Å². The highest BCUT2D eigenvalue weighted by Crippen LogP contribution is 2.31. The zero-order chi connectivity index (χ0) is 21.4. The van der Waals surface area contributed by atoms with Gasteiger partial charge in [0.25, 0.3) is 0 Å². The number of sulfonamides is 1. The maximum atomic E-state index is 13.6. The molecule has 1 amide bonds. The van der Waals surface area contributed by atoms with Crippen molar-refractivity contribution in [3.63, 3.8) is 0 Å². The predicted octanol–water partition coefficient (Wildman–Crippen LogP) is 3.30. The number of para-hydroxylation sites is 1. The maximum absolute atomic E-state index is 13.6. The smallest absolute Gasteiger partial charge is 0.249 e. The van der Waals surface area contributed by atoms with Gasteiger partial charge in [0.15, 0.2) is 0 Å². The quantitative estimate of drug-likeness (QED) is 0.504. The Hall–Kier alpha value is -3.14. The van der Waals surface area contributed by atoms with E-state index in [1.165, 1.54) is 6.07 Å². The molecule has 0 radical (unpaired) electrons. The summed E-state index contributed by atoms with van der Waals surface area (Å²) in [5.41, 5.74) is 3.26. The van der Waals surface area contributed by atoms with Gasteiger partial charge >= 0.3 is 0 Å². The molecule has 7 nitrogen and oxygen atoms in total. The van der Waals surface area contributed by atoms with E-state index in [1.807, 2.05) is 30.3 Å². The SMILES string of the molecule is O=C([C@H](NS(=O)(=O)c1cccc2nsnc12)c1ccccc1)N1CCc2ccccc21. The molecule has 0 spiro atoms. The average Bonchev–Trinajstić information content (AvgIpc) is 3.44. The summed E-state index contributed by atoms with van der Waals surface area (Å²) >= 11 is 0.950. The lowest BCUT2D eigenvalue weighted by molar-refractivity contribution is -0.120. The summed E-state index contributed by atoms with van der Waals surface area (Å²) in [7, 11) is -4.05. The Kier molecular flexibility index (Phi) is 5.01. The lowest BCUT2D eigenvalue weighted by Gasteiger charge is -2.25. The van der Waals surface area contributed by atoms with Crippen LogP contribution in [0.3, 0.4) is 0 Å². The van der Waals surface area contributed by atoms with Gasteiger partial charge in [0.1, 0.15) is 22.0 Å². The first-order chi connectivity index (χ1) is 15.0. The van der Waals surface area contributed by atoms with Gasteiger partial charge in [-0.3, -0.25) is 4.79 Å². The van der Waals surface area contributed by atoms with Crippen LogP contribution in [0.2, 0.25) is 0 Å². The third-order valence-electron chi connectivity index (χ3n) is 5.34. The number of carbonyl (C=O) groups is 1. The molecule has 156 valence electrons. The van der Waals surface area contributed by atoms with Crippen LogP contribution in [0.5, 0.6) is 0 Å². The van der Waals surface area contributed by atoms with Crippen LogP contribution < -0.4 is 9.62 Å². The zero-order valence-corrected chi connectivity index (χ0v) is 17.9. The summed E-state index contributed by atoms with van der Waals surface area (Å²) in [6, 6.07) is 20.3. The summed E-state index contributed by atoms with van der Waals surface area (Å²) < 4.78 is 37.6. The van der Waals surface area contributed by atoms with Crippen molar-refractivity contribution in [1.29, 1.82) is 0 Å². The summed E-state index contributed by atoms with van der Waals surface area (Å²) in [4.78, 5) is 15.3. The number of amides is 1. The number of hydrogen-bond donors (Lipinski definition) is 1. The van der Waals surface area contributed by atoms with Crippen LogP contribution >= 0.6 is 11.7 Å². The highest BCUT2D eigenvalue weighted by molar-refractivity contribution is 7.89. The largest absolute Gasteiger partial charge is 0.310 e. The van der Waals surface area contributed by atoms with Crippen LogP contribution in [0, 0.1) is 0 Å². The molecule has 0 unspecified atom stereocenters. The van der Waals surface area contributed by atoms with Crippen LogP contribution in [-0.4, -0.2) is 29.6 Å². The third kappa shape index (κ3) is 3.60. The summed E-state index contributed by atoms with van der Waals surface area (Å²) in [6.07, 6.45) is 0.736. The molecule has 2 heterocycles. The van der Waals surface area contributed by atoms with Crippen molar-refractivity contribution in [1.82, 2.24) is 13.5 Å². The standard InChI is InChI=1S/C22H18N4O3S2/c27-22(26-14-13-15-7-4-5-11-18(15)26)20(16-8-2-1-3-9-16)25-31(28,29)19-12-6-10-17-21(19)24-30-23-17/h1-12,20,25H,13-14H2/t20-/m1/s1. The molecule has 1 aliphatic heterocycles. The van der Waals surface area contributed by atoms with Gasteiger partial charge in [-0.25, -0.2) is 8.42 Å². The minimum Gasteiger partial charge on any atom is -0.310 e. The number of carbonyl (C=O) groups excluding carboxylic acids is 1. The molecule has 1 atom stereocenters. The Balaban J connectivity index is 1.55. The fourth-order valence-corrected chi connectivity index (χ4v) is 5.79. The van der Waals surface area contributed by atoms with Crippen LogP contribution in [-0.2, 0) is 21.2 Å². The molecule has 0 saturated carbocycles. The molecule has 4 aromatic rings. The van der Waals surface area contributed by atoms with Crippen molar-refractivity contribution in [2.75, 3.05) is 11.4 Å². The van der Waals surface area contributed by atoms with Crippen molar-refractivity contribution >= 4 is 44.4 Å². The fraction of sp³-hybridized carbons (Fsp3) is 0.136. The van der Waals surface area contributed by atoms with Gasteiger partial charge < -0.3 is 4.90 Å². The molecule has 0 saturated heterocycles. The first kappa shape index (κ1) is 19.8. The maximum Gasteiger partial charge on any atom is 0.249 e. The van der Waals surface area contributed by atoms with E-state index in [1.54, 1.807) is 41.3 Å².